The highest BCUT2D eigenvalue weighted by Crippen LogP contribution is 2.21. The molecule has 1 rings (SSSR count). The van der Waals surface area contributed by atoms with Crippen LogP contribution in [0.5, 0.6) is 0 Å². The molecule has 0 aliphatic rings. The summed E-state index contributed by atoms with van der Waals surface area (Å²) in [6, 6.07) is 6.39. The predicted molar refractivity (Wildman–Crippen MR) is 77.9 cm³/mol. The van der Waals surface area contributed by atoms with Gasteiger partial charge < -0.3 is 15.6 Å². The van der Waals surface area contributed by atoms with Gasteiger partial charge in [0, 0.05) is 24.2 Å². The zero-order valence-corrected chi connectivity index (χ0v) is 12.2. The number of thioether (sulfide) groups is 1. The number of aliphatic hydroxyl groups excluding tert-OH is 1. The molecule has 0 aromatic heterocycles. The van der Waals surface area contributed by atoms with Crippen LogP contribution in [0.4, 0.5) is 0 Å². The van der Waals surface area contributed by atoms with E-state index in [4.69, 9.17) is 10.5 Å². The molecule has 18 heavy (non-hydrogen) atoms. The van der Waals surface area contributed by atoms with Gasteiger partial charge >= 0.3 is 0 Å². The van der Waals surface area contributed by atoms with E-state index in [1.807, 2.05) is 0 Å². The number of benzene rings is 1. The van der Waals surface area contributed by atoms with E-state index in [9.17, 15) is 5.11 Å². The van der Waals surface area contributed by atoms with Crippen molar-refractivity contribution in [1.29, 1.82) is 0 Å². The third-order valence-electron chi connectivity index (χ3n) is 2.76. The van der Waals surface area contributed by atoms with Crippen LogP contribution < -0.4 is 5.73 Å². The molecule has 0 radical (unpaired) electrons. The van der Waals surface area contributed by atoms with E-state index in [0.29, 0.717) is 6.61 Å². The summed E-state index contributed by atoms with van der Waals surface area (Å²) in [5.74, 6) is 0.866. The molecular weight excluding hydrogens is 246 g/mol. The zero-order chi connectivity index (χ0) is 13.5. The number of ether oxygens (including phenoxy) is 1. The Hall–Kier alpha value is -0.550. The minimum atomic E-state index is -0.129. The van der Waals surface area contributed by atoms with Gasteiger partial charge in [0.15, 0.2) is 0 Å². The highest BCUT2D eigenvalue weighted by molar-refractivity contribution is 7.99. The monoisotopic (exact) mass is 269 g/mol. The van der Waals surface area contributed by atoms with Crippen LogP contribution in [-0.4, -0.2) is 36.7 Å². The Morgan fingerprint density at radius 2 is 1.89 bits per heavy atom. The van der Waals surface area contributed by atoms with Crippen LogP contribution >= 0.6 is 11.8 Å². The topological polar surface area (TPSA) is 55.5 Å². The van der Waals surface area contributed by atoms with E-state index in [1.54, 1.807) is 18.9 Å². The van der Waals surface area contributed by atoms with Gasteiger partial charge in [-0.15, -0.1) is 11.8 Å². The van der Waals surface area contributed by atoms with Crippen molar-refractivity contribution in [1.82, 2.24) is 0 Å². The number of hydrogen-bond acceptors (Lipinski definition) is 4. The van der Waals surface area contributed by atoms with Gasteiger partial charge in [0.25, 0.3) is 0 Å². The minimum absolute atomic E-state index is 0.0192. The van der Waals surface area contributed by atoms with Crippen molar-refractivity contribution in [2.75, 3.05) is 20.3 Å². The third kappa shape index (κ3) is 4.98. The maximum Gasteiger partial charge on any atom is 0.0625 e. The second-order valence-electron chi connectivity index (χ2n) is 4.65. The highest BCUT2D eigenvalue weighted by atomic mass is 32.2. The number of rotatable bonds is 7. The van der Waals surface area contributed by atoms with Crippen LogP contribution in [0.3, 0.4) is 0 Å². The first-order valence-electron chi connectivity index (χ1n) is 6.11. The Morgan fingerprint density at radius 1 is 1.28 bits per heavy atom. The zero-order valence-electron chi connectivity index (χ0n) is 11.3. The van der Waals surface area contributed by atoms with Crippen LogP contribution in [0, 0.1) is 13.8 Å². The van der Waals surface area contributed by atoms with Crippen molar-refractivity contribution in [2.45, 2.75) is 30.9 Å². The number of aryl methyl sites for hydroxylation is 2. The van der Waals surface area contributed by atoms with Crippen molar-refractivity contribution >= 4 is 11.8 Å². The van der Waals surface area contributed by atoms with Gasteiger partial charge in [-0.3, -0.25) is 0 Å². The first kappa shape index (κ1) is 15.5. The van der Waals surface area contributed by atoms with Crippen LogP contribution in [0.2, 0.25) is 0 Å². The molecule has 3 N–H and O–H groups in total. The minimum Gasteiger partial charge on any atom is -0.395 e. The number of hydrogen-bond donors (Lipinski definition) is 2. The SMILES string of the molecule is COCC(N)C(CO)SCc1cc(C)cc(C)c1. The Morgan fingerprint density at radius 3 is 2.39 bits per heavy atom. The van der Waals surface area contributed by atoms with Crippen molar-refractivity contribution in [2.24, 2.45) is 5.73 Å². The molecule has 1 aromatic carbocycles. The van der Waals surface area contributed by atoms with E-state index in [2.05, 4.69) is 32.0 Å². The van der Waals surface area contributed by atoms with Crippen LogP contribution in [-0.2, 0) is 10.5 Å². The fraction of sp³-hybridized carbons (Fsp3) is 0.571. The standard InChI is InChI=1S/C14H23NO2S/c1-10-4-11(2)6-12(5-10)9-18-14(7-16)13(15)8-17-3/h4-6,13-14,16H,7-9,15H2,1-3H3. The second kappa shape index (κ2) is 7.79. The normalized spacial score (nSPS) is 14.5. The predicted octanol–water partition coefficient (Wildman–Crippen LogP) is 1.87. The Kier molecular flexibility index (Phi) is 6.71. The molecule has 3 nitrogen and oxygen atoms in total. The molecule has 0 saturated heterocycles. The van der Waals surface area contributed by atoms with Gasteiger partial charge in [0.2, 0.25) is 0 Å². The maximum atomic E-state index is 9.35. The van der Waals surface area contributed by atoms with Crippen molar-refractivity contribution in [3.63, 3.8) is 0 Å². The Bertz CT molecular complexity index is 351. The number of methoxy groups -OCH3 is 1. The molecule has 2 atom stereocenters. The molecule has 2 unspecified atom stereocenters. The fourth-order valence-corrected chi connectivity index (χ4v) is 2.97. The third-order valence-corrected chi connectivity index (χ3v) is 4.19. The number of nitrogens with two attached hydrogens (primary N) is 1. The average Bonchev–Trinajstić information content (AvgIpc) is 2.29. The summed E-state index contributed by atoms with van der Waals surface area (Å²) in [6.07, 6.45) is 0. The molecule has 0 heterocycles. The lowest BCUT2D eigenvalue weighted by Gasteiger charge is -2.20. The summed E-state index contributed by atoms with van der Waals surface area (Å²) < 4.78 is 5.03. The van der Waals surface area contributed by atoms with E-state index in [1.165, 1.54) is 16.7 Å². The van der Waals surface area contributed by atoms with E-state index < -0.39 is 0 Å². The molecule has 0 bridgehead atoms. The van der Waals surface area contributed by atoms with Gasteiger partial charge in [0.1, 0.15) is 0 Å². The molecule has 1 aromatic rings. The molecule has 4 heteroatoms. The summed E-state index contributed by atoms with van der Waals surface area (Å²) in [7, 11) is 1.63. The van der Waals surface area contributed by atoms with Crippen LogP contribution in [0.15, 0.2) is 18.2 Å². The van der Waals surface area contributed by atoms with Crippen molar-refractivity contribution < 1.29 is 9.84 Å². The summed E-state index contributed by atoms with van der Waals surface area (Å²) in [6.45, 7) is 4.76. The quantitative estimate of drug-likeness (QED) is 0.793. The molecule has 102 valence electrons. The first-order chi connectivity index (χ1) is 8.56. The van der Waals surface area contributed by atoms with Gasteiger partial charge in [-0.2, -0.15) is 0 Å². The Labute approximate surface area is 114 Å². The molecular formula is C14H23NO2S. The van der Waals surface area contributed by atoms with Gasteiger partial charge in [-0.05, 0) is 19.4 Å². The summed E-state index contributed by atoms with van der Waals surface area (Å²) in [4.78, 5) is 0. The largest absolute Gasteiger partial charge is 0.395 e. The van der Waals surface area contributed by atoms with E-state index >= 15 is 0 Å². The molecule has 0 amide bonds. The summed E-state index contributed by atoms with van der Waals surface area (Å²) in [5.41, 5.74) is 9.78. The molecule has 0 fully saturated rings. The van der Waals surface area contributed by atoms with Gasteiger partial charge in [-0.1, -0.05) is 29.3 Å². The van der Waals surface area contributed by atoms with Gasteiger partial charge in [0.05, 0.1) is 13.2 Å². The lowest BCUT2D eigenvalue weighted by Crippen LogP contribution is -2.38. The van der Waals surface area contributed by atoms with Crippen molar-refractivity contribution in [3.8, 4) is 0 Å². The number of aliphatic hydroxyl groups is 1. The van der Waals surface area contributed by atoms with Crippen LogP contribution in [0.25, 0.3) is 0 Å². The Balaban J connectivity index is 2.56. The fourth-order valence-electron chi connectivity index (χ4n) is 1.97. The lowest BCUT2D eigenvalue weighted by atomic mass is 10.1. The lowest BCUT2D eigenvalue weighted by molar-refractivity contribution is 0.167. The molecule has 0 spiro atoms. The van der Waals surface area contributed by atoms with E-state index in [0.717, 1.165) is 5.75 Å². The first-order valence-corrected chi connectivity index (χ1v) is 7.16. The summed E-state index contributed by atoms with van der Waals surface area (Å²) >= 11 is 1.69. The highest BCUT2D eigenvalue weighted by Gasteiger charge is 2.17. The molecule has 0 aliphatic carbocycles. The summed E-state index contributed by atoms with van der Waals surface area (Å²) in [5, 5.41) is 9.37. The van der Waals surface area contributed by atoms with E-state index in [-0.39, 0.29) is 17.9 Å². The molecule has 0 aliphatic heterocycles. The average molecular weight is 269 g/mol. The smallest absolute Gasteiger partial charge is 0.0625 e. The van der Waals surface area contributed by atoms with Crippen LogP contribution in [0.1, 0.15) is 16.7 Å². The van der Waals surface area contributed by atoms with Gasteiger partial charge in [-0.25, -0.2) is 0 Å². The van der Waals surface area contributed by atoms with Crippen molar-refractivity contribution in [3.05, 3.63) is 34.9 Å². The maximum absolute atomic E-state index is 9.35. The molecule has 0 saturated carbocycles. The second-order valence-corrected chi connectivity index (χ2v) is 5.87.